The van der Waals surface area contributed by atoms with Crippen molar-refractivity contribution < 1.29 is 9.90 Å². The first-order valence-electron chi connectivity index (χ1n) is 8.02. The lowest BCUT2D eigenvalue weighted by atomic mass is 10.1. The molecule has 3 rings (SSSR count). The van der Waals surface area contributed by atoms with Crippen LogP contribution in [0.2, 0.25) is 10.0 Å². The summed E-state index contributed by atoms with van der Waals surface area (Å²) in [6.45, 7) is 0.113. The second-order valence-electron chi connectivity index (χ2n) is 5.62. The summed E-state index contributed by atoms with van der Waals surface area (Å²) in [6.07, 6.45) is 0.766. The molecule has 1 unspecified atom stereocenters. The van der Waals surface area contributed by atoms with Crippen LogP contribution in [-0.2, 0) is 4.79 Å². The highest BCUT2D eigenvalue weighted by Crippen LogP contribution is 2.21. The summed E-state index contributed by atoms with van der Waals surface area (Å²) >= 11 is 13.1. The number of nitrogens with one attached hydrogen (secondary N) is 1. The quantitative estimate of drug-likeness (QED) is 0.569. The van der Waals surface area contributed by atoms with Gasteiger partial charge >= 0.3 is 0 Å². The minimum absolute atomic E-state index is 0.113. The normalized spacial score (nSPS) is 12.0. The van der Waals surface area contributed by atoms with Crippen LogP contribution < -0.4 is 5.32 Å². The van der Waals surface area contributed by atoms with Crippen molar-refractivity contribution in [2.75, 3.05) is 12.3 Å². The van der Waals surface area contributed by atoms with Gasteiger partial charge < -0.3 is 10.4 Å². The Hall–Kier alpha value is -2.06. The van der Waals surface area contributed by atoms with Crippen LogP contribution in [0, 0.1) is 0 Å². The molecular formula is C18H16Cl2N4O2S. The molecule has 0 saturated heterocycles. The predicted molar refractivity (Wildman–Crippen MR) is 107 cm³/mol. The van der Waals surface area contributed by atoms with Gasteiger partial charge in [0.15, 0.2) is 5.16 Å². The van der Waals surface area contributed by atoms with E-state index in [2.05, 4.69) is 15.5 Å². The lowest BCUT2D eigenvalue weighted by Crippen LogP contribution is -2.29. The van der Waals surface area contributed by atoms with E-state index in [1.165, 1.54) is 11.8 Å². The molecule has 0 fully saturated rings. The maximum absolute atomic E-state index is 12.1. The highest BCUT2D eigenvalue weighted by molar-refractivity contribution is 7.99. The highest BCUT2D eigenvalue weighted by Gasteiger charge is 2.13. The molecule has 1 atom stereocenters. The van der Waals surface area contributed by atoms with Crippen LogP contribution in [0.1, 0.15) is 11.7 Å². The maximum Gasteiger partial charge on any atom is 0.230 e. The van der Waals surface area contributed by atoms with E-state index in [-0.39, 0.29) is 18.2 Å². The van der Waals surface area contributed by atoms with Crippen molar-refractivity contribution in [3.05, 3.63) is 70.5 Å². The Morgan fingerprint density at radius 3 is 2.70 bits per heavy atom. The molecule has 0 aliphatic heterocycles. The molecule has 0 saturated carbocycles. The Morgan fingerprint density at radius 1 is 1.19 bits per heavy atom. The molecular weight excluding hydrogens is 407 g/mol. The number of carbonyl (C=O) groups excluding carboxylic acids is 1. The number of hydrogen-bond acceptors (Lipinski definition) is 5. The van der Waals surface area contributed by atoms with Gasteiger partial charge in [-0.25, -0.2) is 0 Å². The molecule has 0 radical (unpaired) electrons. The lowest BCUT2D eigenvalue weighted by Gasteiger charge is -2.12. The van der Waals surface area contributed by atoms with E-state index in [9.17, 15) is 9.90 Å². The van der Waals surface area contributed by atoms with E-state index in [0.717, 1.165) is 5.69 Å². The van der Waals surface area contributed by atoms with Gasteiger partial charge in [-0.3, -0.25) is 9.36 Å². The number of nitrogens with zero attached hydrogens (tertiary/aromatic N) is 3. The molecule has 2 aromatic carbocycles. The molecule has 1 heterocycles. The summed E-state index contributed by atoms with van der Waals surface area (Å²) in [7, 11) is 0. The summed E-state index contributed by atoms with van der Waals surface area (Å²) in [4.78, 5) is 12.1. The molecule has 2 N–H and O–H groups in total. The number of amides is 1. The zero-order valence-electron chi connectivity index (χ0n) is 14.0. The van der Waals surface area contributed by atoms with E-state index >= 15 is 0 Å². The minimum Gasteiger partial charge on any atom is -0.387 e. The second kappa shape index (κ2) is 9.23. The number of benzene rings is 2. The van der Waals surface area contributed by atoms with Crippen molar-refractivity contribution in [2.45, 2.75) is 11.3 Å². The number of carbonyl (C=O) groups is 1. The van der Waals surface area contributed by atoms with Crippen LogP contribution >= 0.6 is 35.0 Å². The smallest absolute Gasteiger partial charge is 0.230 e. The molecule has 27 heavy (non-hydrogen) atoms. The van der Waals surface area contributed by atoms with Crippen LogP contribution in [0.5, 0.6) is 0 Å². The van der Waals surface area contributed by atoms with Crippen molar-refractivity contribution in [2.24, 2.45) is 0 Å². The molecule has 6 nitrogen and oxygen atoms in total. The highest BCUT2D eigenvalue weighted by atomic mass is 35.5. The predicted octanol–water partition coefficient (Wildman–Crippen LogP) is 3.52. The van der Waals surface area contributed by atoms with Crippen molar-refractivity contribution in [3.8, 4) is 5.69 Å². The summed E-state index contributed by atoms with van der Waals surface area (Å²) in [5.41, 5.74) is 1.50. The topological polar surface area (TPSA) is 80.0 Å². The average molecular weight is 423 g/mol. The summed E-state index contributed by atoms with van der Waals surface area (Å²) in [6, 6.07) is 14.1. The van der Waals surface area contributed by atoms with Gasteiger partial charge in [-0.2, -0.15) is 0 Å². The molecule has 9 heteroatoms. The first-order valence-corrected chi connectivity index (χ1v) is 9.76. The summed E-state index contributed by atoms with van der Waals surface area (Å²) < 4.78 is 1.76. The van der Waals surface area contributed by atoms with Gasteiger partial charge in [-0.1, -0.05) is 53.2 Å². The Balaban J connectivity index is 1.53. The molecule has 0 aliphatic rings. The average Bonchev–Trinajstić information content (AvgIpc) is 3.13. The van der Waals surface area contributed by atoms with Crippen LogP contribution in [0.15, 0.2) is 60.0 Å². The first kappa shape index (κ1) is 19.7. The number of aliphatic hydroxyl groups is 1. The fourth-order valence-corrected chi connectivity index (χ4v) is 3.39. The third kappa shape index (κ3) is 5.46. The van der Waals surface area contributed by atoms with Crippen LogP contribution in [0.4, 0.5) is 0 Å². The fourth-order valence-electron chi connectivity index (χ4n) is 2.32. The van der Waals surface area contributed by atoms with Gasteiger partial charge in [0.1, 0.15) is 6.33 Å². The molecule has 1 amide bonds. The third-order valence-electron chi connectivity index (χ3n) is 3.68. The molecule has 0 aliphatic carbocycles. The Labute approximate surface area is 170 Å². The zero-order chi connectivity index (χ0) is 19.2. The number of hydrogen-bond donors (Lipinski definition) is 2. The largest absolute Gasteiger partial charge is 0.387 e. The molecule has 3 aromatic rings. The van der Waals surface area contributed by atoms with E-state index in [4.69, 9.17) is 23.2 Å². The molecule has 0 bridgehead atoms. The SMILES string of the molecule is O=C(CSc1nncn1-c1cccc(Cl)c1)NCC(O)c1ccc(Cl)cc1. The van der Waals surface area contributed by atoms with Crippen LogP contribution in [0.3, 0.4) is 0 Å². The Bertz CT molecular complexity index is 918. The standard InChI is InChI=1S/C18H16Cl2N4O2S/c19-13-6-4-12(5-7-13)16(25)9-21-17(26)10-27-18-23-22-11-24(18)15-3-1-2-14(20)8-15/h1-8,11,16,25H,9-10H2,(H,21,26). The van der Waals surface area contributed by atoms with Gasteiger partial charge in [0.05, 0.1) is 17.5 Å². The Kier molecular flexibility index (Phi) is 6.73. The third-order valence-corrected chi connectivity index (χ3v) is 5.11. The van der Waals surface area contributed by atoms with E-state index < -0.39 is 6.10 Å². The zero-order valence-corrected chi connectivity index (χ0v) is 16.4. The monoisotopic (exact) mass is 422 g/mol. The number of aromatic nitrogens is 3. The lowest BCUT2D eigenvalue weighted by molar-refractivity contribution is -0.119. The van der Waals surface area contributed by atoms with Gasteiger partial charge in [-0.15, -0.1) is 10.2 Å². The number of aliphatic hydroxyl groups excluding tert-OH is 1. The van der Waals surface area contributed by atoms with E-state index in [0.29, 0.717) is 20.8 Å². The molecule has 0 spiro atoms. The van der Waals surface area contributed by atoms with Crippen LogP contribution in [0.25, 0.3) is 5.69 Å². The number of rotatable bonds is 7. The number of thioether (sulfide) groups is 1. The maximum atomic E-state index is 12.1. The van der Waals surface area contributed by atoms with Crippen molar-refractivity contribution in [1.29, 1.82) is 0 Å². The van der Waals surface area contributed by atoms with Gasteiger partial charge in [0.2, 0.25) is 5.91 Å². The minimum atomic E-state index is -0.800. The summed E-state index contributed by atoms with van der Waals surface area (Å²) in [5.74, 6) is -0.0688. The van der Waals surface area contributed by atoms with E-state index in [1.54, 1.807) is 47.3 Å². The van der Waals surface area contributed by atoms with E-state index in [1.807, 2.05) is 12.1 Å². The van der Waals surface area contributed by atoms with Crippen molar-refractivity contribution >= 4 is 40.9 Å². The van der Waals surface area contributed by atoms with Crippen LogP contribution in [-0.4, -0.2) is 38.1 Å². The first-order chi connectivity index (χ1) is 13.0. The van der Waals surface area contributed by atoms with Crippen molar-refractivity contribution in [1.82, 2.24) is 20.1 Å². The number of halogens is 2. The molecule has 1 aromatic heterocycles. The fraction of sp³-hybridized carbons (Fsp3) is 0.167. The second-order valence-corrected chi connectivity index (χ2v) is 7.44. The Morgan fingerprint density at radius 2 is 1.96 bits per heavy atom. The van der Waals surface area contributed by atoms with Crippen molar-refractivity contribution in [3.63, 3.8) is 0 Å². The molecule has 140 valence electrons. The van der Waals surface area contributed by atoms with Gasteiger partial charge in [-0.05, 0) is 35.9 Å². The van der Waals surface area contributed by atoms with Gasteiger partial charge in [0, 0.05) is 16.6 Å². The van der Waals surface area contributed by atoms with Gasteiger partial charge in [0.25, 0.3) is 0 Å². The summed E-state index contributed by atoms with van der Waals surface area (Å²) in [5, 5.41) is 22.5.